The number of hydrogen-bond acceptors (Lipinski definition) is 6. The van der Waals surface area contributed by atoms with Gasteiger partial charge in [-0.3, -0.25) is 4.79 Å². The summed E-state index contributed by atoms with van der Waals surface area (Å²) in [5.74, 6) is 5.83. The maximum atomic E-state index is 12.1. The zero-order valence-corrected chi connectivity index (χ0v) is 16.6. The molecule has 0 aliphatic carbocycles. The first kappa shape index (κ1) is 20.2. The van der Waals surface area contributed by atoms with Gasteiger partial charge in [-0.15, -0.1) is 0 Å². The van der Waals surface area contributed by atoms with Crippen molar-refractivity contribution in [1.29, 1.82) is 0 Å². The van der Waals surface area contributed by atoms with E-state index in [4.69, 9.17) is 5.73 Å². The summed E-state index contributed by atoms with van der Waals surface area (Å²) in [5.41, 5.74) is 7.55. The maximum absolute atomic E-state index is 12.1. The predicted octanol–water partition coefficient (Wildman–Crippen LogP) is 1.40. The molecule has 0 unspecified atom stereocenters. The van der Waals surface area contributed by atoms with Crippen LogP contribution in [0.2, 0.25) is 0 Å². The first-order valence-electron chi connectivity index (χ1n) is 9.00. The van der Waals surface area contributed by atoms with Crippen LogP contribution < -0.4 is 5.73 Å². The first-order valence-corrected chi connectivity index (χ1v) is 9.00. The van der Waals surface area contributed by atoms with Crippen molar-refractivity contribution in [1.82, 2.24) is 14.9 Å². The molecule has 1 aliphatic heterocycles. The summed E-state index contributed by atoms with van der Waals surface area (Å²) >= 11 is 0. The number of nitrogens with zero attached hydrogens (tertiary/aromatic N) is 5. The van der Waals surface area contributed by atoms with E-state index in [0.717, 1.165) is 5.56 Å². The Morgan fingerprint density at radius 2 is 2.14 bits per heavy atom. The standard InChI is InChI=1S/C21H22N6O2/c1-13-5-6-15(7-8-21(29)9-10-27(4)20(21)28)11-16(13)19(23-3)26-17-14(2)24-12-25-18(17)22/h5-6,11-12,29H,3,9-10H2,1-2,4H3,(H2,22,24,25)/b26-19-/t21-/m0/s1. The van der Waals surface area contributed by atoms with Gasteiger partial charge in [0.2, 0.25) is 5.60 Å². The number of nitrogens with two attached hydrogens (primary N) is 1. The fourth-order valence-electron chi connectivity index (χ4n) is 3.00. The predicted molar refractivity (Wildman–Crippen MR) is 112 cm³/mol. The molecule has 1 fully saturated rings. The number of benzene rings is 1. The Bertz CT molecular complexity index is 1060. The smallest absolute Gasteiger partial charge is 0.267 e. The van der Waals surface area contributed by atoms with Gasteiger partial charge < -0.3 is 15.7 Å². The molecule has 0 bridgehead atoms. The van der Waals surface area contributed by atoms with Crippen molar-refractivity contribution in [2.75, 3.05) is 19.3 Å². The van der Waals surface area contributed by atoms with Crippen molar-refractivity contribution in [2.45, 2.75) is 25.9 Å². The van der Waals surface area contributed by atoms with Gasteiger partial charge in [-0.25, -0.2) is 20.0 Å². The Kier molecular flexibility index (Phi) is 5.43. The second kappa shape index (κ2) is 7.81. The number of aliphatic imine (C=N–C) groups is 2. The van der Waals surface area contributed by atoms with Crippen LogP contribution in [-0.2, 0) is 4.79 Å². The summed E-state index contributed by atoms with van der Waals surface area (Å²) in [5, 5.41) is 10.5. The highest BCUT2D eigenvalue weighted by Gasteiger charge is 2.42. The molecular formula is C21H22N6O2. The van der Waals surface area contributed by atoms with Crippen LogP contribution in [-0.4, -0.2) is 57.6 Å². The molecule has 3 rings (SSSR count). The molecule has 29 heavy (non-hydrogen) atoms. The highest BCUT2D eigenvalue weighted by molar-refractivity contribution is 6.04. The molecule has 0 radical (unpaired) electrons. The van der Waals surface area contributed by atoms with E-state index in [1.807, 2.05) is 19.1 Å². The average Bonchev–Trinajstić information content (AvgIpc) is 2.95. The largest absolute Gasteiger partial charge is 0.382 e. The normalized spacial score (nSPS) is 19.1. The average molecular weight is 390 g/mol. The third kappa shape index (κ3) is 4.00. The molecule has 2 heterocycles. The molecule has 1 aromatic heterocycles. The van der Waals surface area contributed by atoms with Gasteiger partial charge in [0.25, 0.3) is 5.91 Å². The van der Waals surface area contributed by atoms with Crippen molar-refractivity contribution in [2.24, 2.45) is 9.98 Å². The van der Waals surface area contributed by atoms with Gasteiger partial charge in [-0.2, -0.15) is 0 Å². The number of hydrogen-bond donors (Lipinski definition) is 2. The van der Waals surface area contributed by atoms with Gasteiger partial charge in [-0.05, 0) is 38.3 Å². The zero-order chi connectivity index (χ0) is 21.2. The second-order valence-corrected chi connectivity index (χ2v) is 6.90. The Balaban J connectivity index is 2.01. The number of amides is 1. The molecule has 8 nitrogen and oxygen atoms in total. The van der Waals surface area contributed by atoms with E-state index in [1.54, 1.807) is 20.0 Å². The van der Waals surface area contributed by atoms with E-state index in [0.29, 0.717) is 34.9 Å². The molecule has 2 aromatic rings. The van der Waals surface area contributed by atoms with E-state index >= 15 is 0 Å². The highest BCUT2D eigenvalue weighted by Crippen LogP contribution is 2.25. The fourth-order valence-corrected chi connectivity index (χ4v) is 3.00. The number of carbonyl (C=O) groups is 1. The molecule has 1 aromatic carbocycles. The lowest BCUT2D eigenvalue weighted by atomic mass is 10.0. The van der Waals surface area contributed by atoms with Gasteiger partial charge in [0.15, 0.2) is 11.7 Å². The highest BCUT2D eigenvalue weighted by atomic mass is 16.3. The van der Waals surface area contributed by atoms with Crippen LogP contribution in [0.15, 0.2) is 34.5 Å². The van der Waals surface area contributed by atoms with Gasteiger partial charge in [0.1, 0.15) is 12.0 Å². The summed E-state index contributed by atoms with van der Waals surface area (Å²) in [6, 6.07) is 5.46. The number of rotatable bonds is 2. The maximum Gasteiger partial charge on any atom is 0.267 e. The monoisotopic (exact) mass is 390 g/mol. The topological polar surface area (TPSA) is 117 Å². The van der Waals surface area contributed by atoms with Crippen molar-refractivity contribution < 1.29 is 9.90 Å². The van der Waals surface area contributed by atoms with Gasteiger partial charge in [0.05, 0.1) is 5.69 Å². The van der Waals surface area contributed by atoms with E-state index in [2.05, 4.69) is 38.5 Å². The summed E-state index contributed by atoms with van der Waals surface area (Å²) in [6.07, 6.45) is 1.65. The quantitative estimate of drug-likeness (QED) is 0.457. The van der Waals surface area contributed by atoms with Crippen molar-refractivity contribution in [3.63, 3.8) is 0 Å². The SMILES string of the molecule is C=N/C(=N\c1c(C)ncnc1N)c1cc(C#C[C@]2(O)CCN(C)C2=O)ccc1C. The number of aryl methyl sites for hydroxylation is 2. The number of likely N-dealkylation sites (tertiary alicyclic amines) is 1. The molecule has 148 valence electrons. The van der Waals surface area contributed by atoms with Crippen LogP contribution in [0.4, 0.5) is 11.5 Å². The van der Waals surface area contributed by atoms with Gasteiger partial charge >= 0.3 is 0 Å². The van der Waals surface area contributed by atoms with Gasteiger partial charge in [-0.1, -0.05) is 17.9 Å². The van der Waals surface area contributed by atoms with Crippen LogP contribution in [0.5, 0.6) is 0 Å². The lowest BCUT2D eigenvalue weighted by Gasteiger charge is -2.13. The summed E-state index contributed by atoms with van der Waals surface area (Å²) in [4.78, 5) is 30.2. The number of aromatic nitrogens is 2. The summed E-state index contributed by atoms with van der Waals surface area (Å²) < 4.78 is 0. The molecule has 3 N–H and O–H groups in total. The van der Waals surface area contributed by atoms with Crippen LogP contribution in [0.25, 0.3) is 0 Å². The number of amidine groups is 1. The number of anilines is 1. The minimum atomic E-state index is -1.65. The van der Waals surface area contributed by atoms with E-state index in [1.165, 1.54) is 11.2 Å². The van der Waals surface area contributed by atoms with E-state index in [-0.39, 0.29) is 18.1 Å². The Morgan fingerprint density at radius 1 is 1.38 bits per heavy atom. The number of likely N-dealkylation sites (N-methyl/N-ethyl adjacent to an activating group) is 1. The third-order valence-electron chi connectivity index (χ3n) is 4.80. The molecule has 1 saturated heterocycles. The van der Waals surface area contributed by atoms with Crippen LogP contribution in [0, 0.1) is 25.7 Å². The number of aliphatic hydroxyl groups is 1. The Hall–Kier alpha value is -3.57. The van der Waals surface area contributed by atoms with E-state index < -0.39 is 5.60 Å². The lowest BCUT2D eigenvalue weighted by molar-refractivity contribution is -0.137. The first-order chi connectivity index (χ1) is 13.7. The summed E-state index contributed by atoms with van der Waals surface area (Å²) in [7, 11) is 1.64. The lowest BCUT2D eigenvalue weighted by Crippen LogP contribution is -2.37. The molecule has 0 saturated carbocycles. The molecular weight excluding hydrogens is 368 g/mol. The Labute approximate surface area is 169 Å². The third-order valence-corrected chi connectivity index (χ3v) is 4.80. The number of nitrogen functional groups attached to an aromatic ring is 1. The van der Waals surface area contributed by atoms with Crippen molar-refractivity contribution in [3.8, 4) is 11.8 Å². The fraction of sp³-hybridized carbons (Fsp3) is 0.286. The van der Waals surface area contributed by atoms with Crippen LogP contribution >= 0.6 is 0 Å². The van der Waals surface area contributed by atoms with Crippen molar-refractivity contribution in [3.05, 3.63) is 46.9 Å². The Morgan fingerprint density at radius 3 is 2.76 bits per heavy atom. The van der Waals surface area contributed by atoms with Gasteiger partial charge in [0, 0.05) is 31.1 Å². The summed E-state index contributed by atoms with van der Waals surface area (Å²) in [6.45, 7) is 7.78. The van der Waals surface area contributed by atoms with E-state index in [9.17, 15) is 9.90 Å². The molecule has 1 atom stereocenters. The minimum absolute atomic E-state index is 0.248. The molecule has 1 aliphatic rings. The second-order valence-electron chi connectivity index (χ2n) is 6.90. The molecule has 8 heteroatoms. The van der Waals surface area contributed by atoms with Crippen LogP contribution in [0.3, 0.4) is 0 Å². The minimum Gasteiger partial charge on any atom is -0.382 e. The molecule has 1 amide bonds. The van der Waals surface area contributed by atoms with Crippen LogP contribution in [0.1, 0.15) is 28.8 Å². The number of carbonyl (C=O) groups excluding carboxylic acids is 1. The van der Waals surface area contributed by atoms with Crippen molar-refractivity contribution >= 4 is 30.0 Å². The zero-order valence-electron chi connectivity index (χ0n) is 16.6. The molecule has 0 spiro atoms.